The van der Waals surface area contributed by atoms with Crippen molar-refractivity contribution in [3.05, 3.63) is 72.5 Å². The number of aromatic nitrogens is 1. The molecule has 0 radical (unpaired) electrons. The van der Waals surface area contributed by atoms with Gasteiger partial charge in [-0.1, -0.05) is 0 Å². The van der Waals surface area contributed by atoms with E-state index in [1.165, 1.54) is 12.1 Å². The summed E-state index contributed by atoms with van der Waals surface area (Å²) in [4.78, 5) is 30.8. The number of carbonyl (C=O) groups excluding carboxylic acids is 2. The lowest BCUT2D eigenvalue weighted by molar-refractivity contribution is -0.121. The second-order valence-electron chi connectivity index (χ2n) is 6.97. The van der Waals surface area contributed by atoms with Gasteiger partial charge in [0.15, 0.2) is 5.76 Å². The number of anilines is 1. The van der Waals surface area contributed by atoms with Crippen LogP contribution < -0.4 is 5.32 Å². The fraction of sp³-hybridized carbons (Fsp3) is 0.227. The van der Waals surface area contributed by atoms with E-state index >= 15 is 0 Å². The third kappa shape index (κ3) is 4.34. The van der Waals surface area contributed by atoms with E-state index in [-0.39, 0.29) is 29.3 Å². The molecule has 1 aromatic carbocycles. The summed E-state index contributed by atoms with van der Waals surface area (Å²) in [6, 6.07) is 12.8. The maximum Gasteiger partial charge on any atom is 0.289 e. The Hall–Kier alpha value is -3.48. The SMILES string of the molecule is O=C(Nc1cccnc1)C1CCN(C(=O)c2ccc(-c3ccc(F)cc3)o2)CC1. The zero-order chi connectivity index (χ0) is 20.2. The van der Waals surface area contributed by atoms with Gasteiger partial charge < -0.3 is 14.6 Å². The Kier molecular flexibility index (Phi) is 5.37. The molecule has 0 unspecified atom stereocenters. The van der Waals surface area contributed by atoms with Crippen LogP contribution in [0.4, 0.5) is 10.1 Å². The topological polar surface area (TPSA) is 75.4 Å². The van der Waals surface area contributed by atoms with Crippen LogP contribution in [0.2, 0.25) is 0 Å². The van der Waals surface area contributed by atoms with E-state index in [0.717, 1.165) is 0 Å². The first kappa shape index (κ1) is 18.9. The molecule has 29 heavy (non-hydrogen) atoms. The molecule has 1 saturated heterocycles. The molecule has 2 amide bonds. The van der Waals surface area contributed by atoms with Crippen molar-refractivity contribution in [2.75, 3.05) is 18.4 Å². The van der Waals surface area contributed by atoms with Crippen molar-refractivity contribution >= 4 is 17.5 Å². The average Bonchev–Trinajstić information content (AvgIpc) is 3.25. The summed E-state index contributed by atoms with van der Waals surface area (Å²) < 4.78 is 18.7. The first-order chi connectivity index (χ1) is 14.1. The van der Waals surface area contributed by atoms with Crippen LogP contribution in [0.3, 0.4) is 0 Å². The molecule has 0 spiro atoms. The molecule has 0 bridgehead atoms. The number of likely N-dealkylation sites (tertiary alicyclic amines) is 1. The van der Waals surface area contributed by atoms with Gasteiger partial charge in [-0.05, 0) is 61.4 Å². The van der Waals surface area contributed by atoms with Crippen LogP contribution in [0.5, 0.6) is 0 Å². The summed E-state index contributed by atoms with van der Waals surface area (Å²) in [5, 5.41) is 2.86. The molecule has 148 valence electrons. The van der Waals surface area contributed by atoms with E-state index in [1.807, 2.05) is 0 Å². The molecule has 0 saturated carbocycles. The van der Waals surface area contributed by atoms with Gasteiger partial charge >= 0.3 is 0 Å². The number of hydrogen-bond donors (Lipinski definition) is 1. The highest BCUT2D eigenvalue weighted by Gasteiger charge is 2.29. The van der Waals surface area contributed by atoms with E-state index in [4.69, 9.17) is 4.42 Å². The third-order valence-electron chi connectivity index (χ3n) is 5.03. The number of hydrogen-bond acceptors (Lipinski definition) is 4. The van der Waals surface area contributed by atoms with Crippen LogP contribution in [0.25, 0.3) is 11.3 Å². The molecule has 2 aromatic heterocycles. The second-order valence-corrected chi connectivity index (χ2v) is 6.97. The zero-order valence-electron chi connectivity index (χ0n) is 15.7. The van der Waals surface area contributed by atoms with Crippen LogP contribution in [-0.4, -0.2) is 34.8 Å². The summed E-state index contributed by atoms with van der Waals surface area (Å²) in [6.45, 7) is 0.965. The minimum Gasteiger partial charge on any atom is -0.451 e. The van der Waals surface area contributed by atoms with E-state index < -0.39 is 0 Å². The summed E-state index contributed by atoms with van der Waals surface area (Å²) in [7, 11) is 0. The Bertz CT molecular complexity index is 994. The van der Waals surface area contributed by atoms with Crippen LogP contribution in [-0.2, 0) is 4.79 Å². The molecule has 1 fully saturated rings. The first-order valence-corrected chi connectivity index (χ1v) is 9.46. The van der Waals surface area contributed by atoms with Gasteiger partial charge in [0.2, 0.25) is 5.91 Å². The minimum atomic E-state index is -0.327. The second kappa shape index (κ2) is 8.26. The smallest absolute Gasteiger partial charge is 0.289 e. The minimum absolute atomic E-state index is 0.0540. The monoisotopic (exact) mass is 393 g/mol. The molecular formula is C22H20FN3O3. The predicted octanol–water partition coefficient (Wildman–Crippen LogP) is 3.97. The molecule has 1 aliphatic heterocycles. The maximum absolute atomic E-state index is 13.1. The maximum atomic E-state index is 13.1. The number of halogens is 1. The van der Waals surface area contributed by atoms with Gasteiger partial charge in [-0.2, -0.15) is 0 Å². The number of furan rings is 1. The molecule has 6 nitrogen and oxygen atoms in total. The number of carbonyl (C=O) groups is 2. The van der Waals surface area contributed by atoms with Crippen molar-refractivity contribution in [2.24, 2.45) is 5.92 Å². The highest BCUT2D eigenvalue weighted by molar-refractivity contribution is 5.94. The van der Waals surface area contributed by atoms with Crippen molar-refractivity contribution in [3.8, 4) is 11.3 Å². The largest absolute Gasteiger partial charge is 0.451 e. The zero-order valence-corrected chi connectivity index (χ0v) is 15.7. The Balaban J connectivity index is 1.34. The van der Waals surface area contributed by atoms with Crippen LogP contribution in [0.15, 0.2) is 65.3 Å². The van der Waals surface area contributed by atoms with Gasteiger partial charge in [-0.25, -0.2) is 4.39 Å². The first-order valence-electron chi connectivity index (χ1n) is 9.46. The number of benzene rings is 1. The van der Waals surface area contributed by atoms with Crippen LogP contribution in [0, 0.1) is 11.7 Å². The number of piperidine rings is 1. The van der Waals surface area contributed by atoms with Gasteiger partial charge in [0.1, 0.15) is 11.6 Å². The molecule has 7 heteroatoms. The third-order valence-corrected chi connectivity index (χ3v) is 5.03. The summed E-state index contributed by atoms with van der Waals surface area (Å²) in [6.07, 6.45) is 4.43. The number of nitrogens with zero attached hydrogens (tertiary/aromatic N) is 2. The van der Waals surface area contributed by atoms with Gasteiger partial charge in [0.05, 0.1) is 11.9 Å². The highest BCUT2D eigenvalue weighted by Crippen LogP contribution is 2.25. The van der Waals surface area contributed by atoms with E-state index in [1.54, 1.807) is 53.7 Å². The molecule has 3 aromatic rings. The van der Waals surface area contributed by atoms with Crippen molar-refractivity contribution in [2.45, 2.75) is 12.8 Å². The summed E-state index contributed by atoms with van der Waals surface area (Å²) in [5.74, 6) is 0.0190. The fourth-order valence-corrected chi connectivity index (χ4v) is 3.40. The number of pyridine rings is 1. The molecule has 0 aliphatic carbocycles. The molecule has 1 N–H and O–H groups in total. The quantitative estimate of drug-likeness (QED) is 0.728. The van der Waals surface area contributed by atoms with Crippen molar-refractivity contribution in [1.29, 1.82) is 0 Å². The van der Waals surface area contributed by atoms with E-state index in [0.29, 0.717) is 42.9 Å². The number of rotatable bonds is 4. The number of nitrogens with one attached hydrogen (secondary N) is 1. The number of amides is 2. The Morgan fingerprint density at radius 2 is 1.83 bits per heavy atom. The van der Waals surface area contributed by atoms with E-state index in [2.05, 4.69) is 10.3 Å². The average molecular weight is 393 g/mol. The lowest BCUT2D eigenvalue weighted by atomic mass is 9.95. The standard InChI is InChI=1S/C22H20FN3O3/c23-17-5-3-15(4-6-17)19-7-8-20(29-19)22(28)26-12-9-16(10-13-26)21(27)25-18-2-1-11-24-14-18/h1-8,11,14,16H,9-10,12-13H2,(H,25,27). The van der Waals surface area contributed by atoms with Gasteiger partial charge in [0.25, 0.3) is 5.91 Å². The van der Waals surface area contributed by atoms with Crippen molar-refractivity contribution < 1.29 is 18.4 Å². The van der Waals surface area contributed by atoms with Gasteiger partial charge in [-0.3, -0.25) is 14.6 Å². The Labute approximate surface area is 167 Å². The molecule has 0 atom stereocenters. The fourth-order valence-electron chi connectivity index (χ4n) is 3.40. The molecule has 4 rings (SSSR count). The van der Waals surface area contributed by atoms with E-state index in [9.17, 15) is 14.0 Å². The van der Waals surface area contributed by atoms with Crippen LogP contribution in [0.1, 0.15) is 23.4 Å². The molecule has 1 aliphatic rings. The Morgan fingerprint density at radius 3 is 2.52 bits per heavy atom. The van der Waals surface area contributed by atoms with Crippen molar-refractivity contribution in [3.63, 3.8) is 0 Å². The van der Waals surface area contributed by atoms with Gasteiger partial charge in [0, 0.05) is 30.8 Å². The van der Waals surface area contributed by atoms with Crippen LogP contribution >= 0.6 is 0 Å². The lowest BCUT2D eigenvalue weighted by Crippen LogP contribution is -2.41. The summed E-state index contributed by atoms with van der Waals surface area (Å²) >= 11 is 0. The lowest BCUT2D eigenvalue weighted by Gasteiger charge is -2.30. The molecular weight excluding hydrogens is 373 g/mol. The summed E-state index contributed by atoms with van der Waals surface area (Å²) in [5.41, 5.74) is 1.37. The van der Waals surface area contributed by atoms with Gasteiger partial charge in [-0.15, -0.1) is 0 Å². The van der Waals surface area contributed by atoms with Crippen molar-refractivity contribution in [1.82, 2.24) is 9.88 Å². The predicted molar refractivity (Wildman–Crippen MR) is 106 cm³/mol. The highest BCUT2D eigenvalue weighted by atomic mass is 19.1. The normalized spacial score (nSPS) is 14.6. The Morgan fingerprint density at radius 1 is 1.07 bits per heavy atom. The molecule has 3 heterocycles.